The molecule has 0 aliphatic carbocycles. The van der Waals surface area contributed by atoms with Gasteiger partial charge in [-0.3, -0.25) is 0 Å². The smallest absolute Gasteiger partial charge is 0.119 e. The molecule has 2 atom stereocenters. The molecule has 104 valence electrons. The summed E-state index contributed by atoms with van der Waals surface area (Å²) in [5.41, 5.74) is 2.40. The van der Waals surface area contributed by atoms with Gasteiger partial charge in [-0.25, -0.2) is 0 Å². The van der Waals surface area contributed by atoms with Crippen molar-refractivity contribution >= 4 is 0 Å². The average molecular weight is 269 g/mol. The zero-order chi connectivity index (χ0) is 13.9. The van der Waals surface area contributed by atoms with Gasteiger partial charge in [-0.05, 0) is 48.2 Å². The maximum Gasteiger partial charge on any atom is 0.119 e. The predicted molar refractivity (Wildman–Crippen MR) is 79.0 cm³/mol. The van der Waals surface area contributed by atoms with E-state index in [2.05, 4.69) is 23.5 Å². The average Bonchev–Trinajstić information content (AvgIpc) is 2.97. The molecule has 1 aliphatic rings. The van der Waals surface area contributed by atoms with E-state index in [0.29, 0.717) is 17.8 Å². The van der Waals surface area contributed by atoms with Crippen LogP contribution in [0.3, 0.4) is 0 Å². The molecule has 1 saturated heterocycles. The first-order chi connectivity index (χ1) is 9.76. The Balaban J connectivity index is 1.76. The minimum atomic E-state index is 0.304. The Hall–Kier alpha value is -2.00. The standard InChI is InChI=1S/C17H19NO2/c1-20-15-7-3-5-13(11-15)17-9-8-16(18-17)12-4-2-6-14(19)10-12/h2-7,10-11,16-19H,8-9H2,1H3. The molecule has 0 saturated carbocycles. The maximum absolute atomic E-state index is 9.58. The molecule has 0 aromatic heterocycles. The van der Waals surface area contributed by atoms with Crippen LogP contribution in [0.25, 0.3) is 0 Å². The second-order valence-corrected chi connectivity index (χ2v) is 5.22. The van der Waals surface area contributed by atoms with Gasteiger partial charge in [0.1, 0.15) is 11.5 Å². The molecular weight excluding hydrogens is 250 g/mol. The van der Waals surface area contributed by atoms with E-state index in [1.165, 1.54) is 5.56 Å². The van der Waals surface area contributed by atoms with Gasteiger partial charge in [0.2, 0.25) is 0 Å². The second kappa shape index (κ2) is 5.55. The van der Waals surface area contributed by atoms with Crippen LogP contribution in [0, 0.1) is 0 Å². The first kappa shape index (κ1) is 13.0. The van der Waals surface area contributed by atoms with Gasteiger partial charge in [0.25, 0.3) is 0 Å². The number of hydrogen-bond acceptors (Lipinski definition) is 3. The van der Waals surface area contributed by atoms with Crippen LogP contribution in [-0.2, 0) is 0 Å². The van der Waals surface area contributed by atoms with Crippen molar-refractivity contribution in [1.82, 2.24) is 5.32 Å². The summed E-state index contributed by atoms with van der Waals surface area (Å²) < 4.78 is 5.28. The van der Waals surface area contributed by atoms with Crippen LogP contribution in [0.5, 0.6) is 11.5 Å². The lowest BCUT2D eigenvalue weighted by Crippen LogP contribution is -2.17. The van der Waals surface area contributed by atoms with Crippen LogP contribution >= 0.6 is 0 Å². The number of nitrogens with one attached hydrogen (secondary N) is 1. The third-order valence-corrected chi connectivity index (χ3v) is 3.92. The van der Waals surface area contributed by atoms with Gasteiger partial charge in [0, 0.05) is 12.1 Å². The molecule has 2 N–H and O–H groups in total. The summed E-state index contributed by atoms with van der Waals surface area (Å²) >= 11 is 0. The van der Waals surface area contributed by atoms with Crippen LogP contribution in [0.4, 0.5) is 0 Å². The monoisotopic (exact) mass is 269 g/mol. The molecular formula is C17H19NO2. The van der Waals surface area contributed by atoms with Crippen molar-refractivity contribution in [3.8, 4) is 11.5 Å². The van der Waals surface area contributed by atoms with E-state index in [4.69, 9.17) is 4.74 Å². The van der Waals surface area contributed by atoms with Crippen molar-refractivity contribution in [3.63, 3.8) is 0 Å². The van der Waals surface area contributed by atoms with Crippen molar-refractivity contribution in [2.24, 2.45) is 0 Å². The molecule has 2 aromatic rings. The van der Waals surface area contributed by atoms with Gasteiger partial charge in [0.15, 0.2) is 0 Å². The minimum Gasteiger partial charge on any atom is -0.508 e. The fourth-order valence-corrected chi connectivity index (χ4v) is 2.87. The first-order valence-corrected chi connectivity index (χ1v) is 6.95. The van der Waals surface area contributed by atoms with E-state index in [9.17, 15) is 5.11 Å². The maximum atomic E-state index is 9.58. The Labute approximate surface area is 119 Å². The quantitative estimate of drug-likeness (QED) is 0.895. The van der Waals surface area contributed by atoms with E-state index >= 15 is 0 Å². The number of ether oxygens (including phenoxy) is 1. The molecule has 0 amide bonds. The zero-order valence-electron chi connectivity index (χ0n) is 11.5. The minimum absolute atomic E-state index is 0.304. The fraction of sp³-hybridized carbons (Fsp3) is 0.294. The molecule has 1 heterocycles. The lowest BCUT2D eigenvalue weighted by molar-refractivity contribution is 0.413. The van der Waals surface area contributed by atoms with Crippen LogP contribution in [0.1, 0.15) is 36.1 Å². The highest BCUT2D eigenvalue weighted by molar-refractivity contribution is 5.33. The summed E-state index contributed by atoms with van der Waals surface area (Å²) in [5, 5.41) is 13.2. The first-order valence-electron chi connectivity index (χ1n) is 6.95. The summed E-state index contributed by atoms with van der Waals surface area (Å²) in [5.74, 6) is 1.22. The predicted octanol–water partition coefficient (Wildman–Crippen LogP) is 3.57. The fourth-order valence-electron chi connectivity index (χ4n) is 2.87. The highest BCUT2D eigenvalue weighted by Crippen LogP contribution is 2.36. The molecule has 1 fully saturated rings. The second-order valence-electron chi connectivity index (χ2n) is 5.22. The lowest BCUT2D eigenvalue weighted by atomic mass is 10.0. The molecule has 3 heteroatoms. The Kier molecular flexibility index (Phi) is 3.61. The summed E-state index contributed by atoms with van der Waals surface area (Å²) in [6, 6.07) is 16.4. The molecule has 2 aromatic carbocycles. The number of phenols is 1. The summed E-state index contributed by atoms with van der Waals surface area (Å²) in [4.78, 5) is 0. The number of phenolic OH excluding ortho intramolecular Hbond substituents is 1. The molecule has 1 aliphatic heterocycles. The number of rotatable bonds is 3. The largest absolute Gasteiger partial charge is 0.508 e. The summed E-state index contributed by atoms with van der Waals surface area (Å²) in [6.07, 6.45) is 2.17. The molecule has 20 heavy (non-hydrogen) atoms. The van der Waals surface area contributed by atoms with Crippen LogP contribution < -0.4 is 10.1 Å². The van der Waals surface area contributed by atoms with E-state index in [1.807, 2.05) is 24.3 Å². The number of methoxy groups -OCH3 is 1. The Morgan fingerprint density at radius 2 is 1.65 bits per heavy atom. The van der Waals surface area contributed by atoms with Gasteiger partial charge < -0.3 is 15.2 Å². The van der Waals surface area contributed by atoms with Gasteiger partial charge in [-0.15, -0.1) is 0 Å². The normalized spacial score (nSPS) is 21.9. The number of hydrogen-bond donors (Lipinski definition) is 2. The van der Waals surface area contributed by atoms with Crippen molar-refractivity contribution in [3.05, 3.63) is 59.7 Å². The Morgan fingerprint density at radius 1 is 1.00 bits per heavy atom. The Bertz CT molecular complexity index is 597. The van der Waals surface area contributed by atoms with E-state index in [-0.39, 0.29) is 0 Å². The van der Waals surface area contributed by atoms with Gasteiger partial charge in [-0.2, -0.15) is 0 Å². The van der Waals surface area contributed by atoms with Crippen molar-refractivity contribution in [2.75, 3.05) is 7.11 Å². The molecule has 0 bridgehead atoms. The molecule has 3 rings (SSSR count). The van der Waals surface area contributed by atoms with Gasteiger partial charge in [-0.1, -0.05) is 24.3 Å². The third kappa shape index (κ3) is 2.63. The van der Waals surface area contributed by atoms with Gasteiger partial charge in [0.05, 0.1) is 7.11 Å². The topological polar surface area (TPSA) is 41.5 Å². The van der Waals surface area contributed by atoms with Crippen LogP contribution in [0.15, 0.2) is 48.5 Å². The van der Waals surface area contributed by atoms with E-state index < -0.39 is 0 Å². The van der Waals surface area contributed by atoms with Crippen molar-refractivity contribution in [2.45, 2.75) is 24.9 Å². The summed E-state index contributed by atoms with van der Waals surface area (Å²) in [7, 11) is 1.69. The summed E-state index contributed by atoms with van der Waals surface area (Å²) in [6.45, 7) is 0. The molecule has 3 nitrogen and oxygen atoms in total. The number of aromatic hydroxyl groups is 1. The lowest BCUT2D eigenvalue weighted by Gasteiger charge is -2.16. The highest BCUT2D eigenvalue weighted by atomic mass is 16.5. The Morgan fingerprint density at radius 3 is 2.30 bits per heavy atom. The van der Waals surface area contributed by atoms with Crippen molar-refractivity contribution < 1.29 is 9.84 Å². The highest BCUT2D eigenvalue weighted by Gasteiger charge is 2.26. The van der Waals surface area contributed by atoms with Crippen LogP contribution in [0.2, 0.25) is 0 Å². The van der Waals surface area contributed by atoms with Gasteiger partial charge >= 0.3 is 0 Å². The molecule has 0 radical (unpaired) electrons. The zero-order valence-corrected chi connectivity index (χ0v) is 11.5. The molecule has 2 unspecified atom stereocenters. The number of benzene rings is 2. The van der Waals surface area contributed by atoms with Crippen molar-refractivity contribution in [1.29, 1.82) is 0 Å². The molecule has 0 spiro atoms. The van der Waals surface area contributed by atoms with Crippen LogP contribution in [-0.4, -0.2) is 12.2 Å². The third-order valence-electron chi connectivity index (χ3n) is 3.92. The SMILES string of the molecule is COc1cccc(C2CCC(c3cccc(O)c3)N2)c1. The van der Waals surface area contributed by atoms with E-state index in [1.54, 1.807) is 13.2 Å². The van der Waals surface area contributed by atoms with E-state index in [0.717, 1.165) is 24.2 Å².